The second-order valence-corrected chi connectivity index (χ2v) is 9.75. The summed E-state index contributed by atoms with van der Waals surface area (Å²) < 4.78 is 5.06. The highest BCUT2D eigenvalue weighted by molar-refractivity contribution is 5.81. The molecule has 13 atom stereocenters. The molecule has 43 heavy (non-hydrogen) atoms. The summed E-state index contributed by atoms with van der Waals surface area (Å²) in [7, 11) is 0. The highest BCUT2D eigenvalue weighted by Gasteiger charge is 2.49. The van der Waals surface area contributed by atoms with Crippen molar-refractivity contribution in [1.82, 2.24) is 10.6 Å². The van der Waals surface area contributed by atoms with E-state index in [9.17, 15) is 60.7 Å². The van der Waals surface area contributed by atoms with Crippen molar-refractivity contribution < 1.29 is 80.7 Å². The standard InChI is InChI=1S/C14H28N2O10.C9H20N2O6/c15-2-1-3-16-14(25)12(24)9(21)8(20)11(23)13-10(22)7(19)6(18)5(4-17)26-13;10-2-1-3-11-9(17)8(16)7(15)6(14)5(13)4-12/h5-13,17-24H,1-4,15H2,(H,16,25);5-8,12-16H,1-4,10H2,(H,11,17). The van der Waals surface area contributed by atoms with Gasteiger partial charge in [0.2, 0.25) is 0 Å². The normalized spacial score (nSPS) is 27.7. The van der Waals surface area contributed by atoms with Crippen molar-refractivity contribution in [2.24, 2.45) is 11.5 Å². The third kappa shape index (κ3) is 12.7. The largest absolute Gasteiger partial charge is 0.394 e. The Balaban J connectivity index is 0.000000901. The van der Waals surface area contributed by atoms with Gasteiger partial charge in [-0.25, -0.2) is 0 Å². The lowest BCUT2D eigenvalue weighted by Gasteiger charge is -2.43. The zero-order chi connectivity index (χ0) is 33.4. The lowest BCUT2D eigenvalue weighted by molar-refractivity contribution is -0.263. The van der Waals surface area contributed by atoms with Crippen LogP contribution in [0.15, 0.2) is 0 Å². The van der Waals surface area contributed by atoms with E-state index in [0.29, 0.717) is 19.4 Å². The molecule has 1 rings (SSSR count). The number of aliphatic hydroxyl groups excluding tert-OH is 13. The first-order valence-electron chi connectivity index (χ1n) is 13.4. The fraction of sp³-hybridized carbons (Fsp3) is 0.913. The van der Waals surface area contributed by atoms with E-state index in [2.05, 4.69) is 10.6 Å². The van der Waals surface area contributed by atoms with Crippen molar-refractivity contribution in [3.05, 3.63) is 0 Å². The molecule has 0 aromatic carbocycles. The SMILES string of the molecule is NCCCNC(=O)C(O)C(O)C(O)C(O)C1OC(CO)C(O)C(O)C1O.NCCCNC(=O)C(O)C(O)C(O)C(O)CO. The molecule has 0 aromatic rings. The van der Waals surface area contributed by atoms with E-state index in [1.165, 1.54) is 0 Å². The molecular formula is C23H48N4O16. The molecule has 0 saturated carbocycles. The Labute approximate surface area is 246 Å². The Bertz CT molecular complexity index is 786. The van der Waals surface area contributed by atoms with Crippen molar-refractivity contribution in [3.63, 3.8) is 0 Å². The van der Waals surface area contributed by atoms with Crippen LogP contribution in [0.1, 0.15) is 12.8 Å². The van der Waals surface area contributed by atoms with Gasteiger partial charge in [-0.15, -0.1) is 0 Å². The van der Waals surface area contributed by atoms with E-state index < -0.39 is 104 Å². The minimum atomic E-state index is -2.15. The van der Waals surface area contributed by atoms with Gasteiger partial charge in [-0.1, -0.05) is 0 Å². The summed E-state index contributed by atoms with van der Waals surface area (Å²) in [5, 5.41) is 128. The zero-order valence-electron chi connectivity index (χ0n) is 23.4. The summed E-state index contributed by atoms with van der Waals surface area (Å²) in [5.74, 6) is -1.89. The molecule has 0 bridgehead atoms. The smallest absolute Gasteiger partial charge is 0.251 e. The van der Waals surface area contributed by atoms with Gasteiger partial charge in [0.25, 0.3) is 11.8 Å². The molecule has 13 unspecified atom stereocenters. The summed E-state index contributed by atoms with van der Waals surface area (Å²) in [6.45, 7) is -0.525. The molecule has 2 amide bonds. The van der Waals surface area contributed by atoms with Crippen LogP contribution in [0.3, 0.4) is 0 Å². The number of nitrogens with one attached hydrogen (secondary N) is 2. The van der Waals surface area contributed by atoms with E-state index >= 15 is 0 Å². The first-order chi connectivity index (χ1) is 20.1. The highest BCUT2D eigenvalue weighted by atomic mass is 16.6. The molecule has 1 aliphatic heterocycles. The molecular weight excluding hydrogens is 588 g/mol. The average Bonchev–Trinajstić information content (AvgIpc) is 3.01. The lowest BCUT2D eigenvalue weighted by Crippen LogP contribution is -2.64. The predicted octanol–water partition coefficient (Wildman–Crippen LogP) is -10.4. The summed E-state index contributed by atoms with van der Waals surface area (Å²) >= 11 is 0. The molecule has 1 saturated heterocycles. The van der Waals surface area contributed by atoms with Gasteiger partial charge in [-0.2, -0.15) is 0 Å². The Morgan fingerprint density at radius 3 is 1.51 bits per heavy atom. The van der Waals surface area contributed by atoms with Crippen molar-refractivity contribution in [2.75, 3.05) is 39.4 Å². The molecule has 0 spiro atoms. The minimum Gasteiger partial charge on any atom is -0.394 e. The fourth-order valence-corrected chi connectivity index (χ4v) is 3.66. The maximum absolute atomic E-state index is 11.7. The molecule has 1 aliphatic rings. The summed E-state index contributed by atoms with van der Waals surface area (Å²) in [4.78, 5) is 22.9. The Hall–Kier alpha value is -1.70. The maximum Gasteiger partial charge on any atom is 0.251 e. The molecule has 1 fully saturated rings. The van der Waals surface area contributed by atoms with Crippen molar-refractivity contribution in [3.8, 4) is 0 Å². The average molecular weight is 637 g/mol. The lowest BCUT2D eigenvalue weighted by atomic mass is 9.88. The predicted molar refractivity (Wildman–Crippen MR) is 142 cm³/mol. The first kappa shape index (κ1) is 41.3. The summed E-state index contributed by atoms with van der Waals surface area (Å²) in [5.41, 5.74) is 10.4. The van der Waals surface area contributed by atoms with Gasteiger partial charge in [0.15, 0.2) is 12.2 Å². The van der Waals surface area contributed by atoms with Crippen molar-refractivity contribution in [2.45, 2.75) is 92.2 Å². The van der Waals surface area contributed by atoms with Gasteiger partial charge in [0.05, 0.1) is 13.2 Å². The molecule has 20 nitrogen and oxygen atoms in total. The molecule has 0 radical (unpaired) electrons. The van der Waals surface area contributed by atoms with E-state index in [1.807, 2.05) is 0 Å². The number of hydrogen-bond donors (Lipinski definition) is 17. The van der Waals surface area contributed by atoms with Crippen LogP contribution in [0.2, 0.25) is 0 Å². The summed E-state index contributed by atoms with van der Waals surface area (Å²) in [6, 6.07) is 0. The molecule has 19 N–H and O–H groups in total. The summed E-state index contributed by atoms with van der Waals surface area (Å²) in [6.07, 6.45) is -23.1. The van der Waals surface area contributed by atoms with Crippen LogP contribution in [0, 0.1) is 0 Å². The van der Waals surface area contributed by atoms with Crippen molar-refractivity contribution >= 4 is 11.8 Å². The fourth-order valence-electron chi connectivity index (χ4n) is 3.66. The van der Waals surface area contributed by atoms with Crippen LogP contribution >= 0.6 is 0 Å². The highest BCUT2D eigenvalue weighted by Crippen LogP contribution is 2.25. The Morgan fingerprint density at radius 2 is 1.12 bits per heavy atom. The number of hydrogen-bond acceptors (Lipinski definition) is 18. The van der Waals surface area contributed by atoms with Gasteiger partial charge in [-0.05, 0) is 25.9 Å². The first-order valence-corrected chi connectivity index (χ1v) is 13.4. The van der Waals surface area contributed by atoms with Crippen LogP contribution in [0.4, 0.5) is 0 Å². The van der Waals surface area contributed by atoms with Gasteiger partial charge in [0.1, 0.15) is 67.1 Å². The molecule has 256 valence electrons. The van der Waals surface area contributed by atoms with Crippen LogP contribution < -0.4 is 22.1 Å². The number of rotatable bonds is 17. The van der Waals surface area contributed by atoms with Gasteiger partial charge in [0, 0.05) is 13.1 Å². The van der Waals surface area contributed by atoms with Crippen LogP contribution in [-0.2, 0) is 14.3 Å². The van der Waals surface area contributed by atoms with Gasteiger partial charge >= 0.3 is 0 Å². The molecule has 1 heterocycles. The zero-order valence-corrected chi connectivity index (χ0v) is 23.4. The number of ether oxygens (including phenoxy) is 1. The quantitative estimate of drug-likeness (QED) is 0.0658. The van der Waals surface area contributed by atoms with E-state index in [0.717, 1.165) is 0 Å². The molecule has 20 heteroatoms. The van der Waals surface area contributed by atoms with Gasteiger partial charge < -0.3 is 93.2 Å². The number of aliphatic hydroxyl groups is 13. The molecule has 0 aromatic heterocycles. The second kappa shape index (κ2) is 21.1. The third-order valence-electron chi connectivity index (χ3n) is 6.44. The second-order valence-electron chi connectivity index (χ2n) is 9.75. The molecule has 0 aliphatic carbocycles. The number of amides is 2. The van der Waals surface area contributed by atoms with Crippen LogP contribution in [0.25, 0.3) is 0 Å². The van der Waals surface area contributed by atoms with Crippen molar-refractivity contribution in [1.29, 1.82) is 0 Å². The maximum atomic E-state index is 11.7. The van der Waals surface area contributed by atoms with E-state index in [-0.39, 0.29) is 19.6 Å². The third-order valence-corrected chi connectivity index (χ3v) is 6.44. The Kier molecular flexibility index (Phi) is 20.3. The van der Waals surface area contributed by atoms with Crippen LogP contribution in [-0.4, -0.2) is 197 Å². The monoisotopic (exact) mass is 636 g/mol. The van der Waals surface area contributed by atoms with E-state index in [1.54, 1.807) is 0 Å². The van der Waals surface area contributed by atoms with Gasteiger partial charge in [-0.3, -0.25) is 9.59 Å². The number of carbonyl (C=O) groups is 2. The topological polar surface area (TPSA) is 382 Å². The van der Waals surface area contributed by atoms with Crippen LogP contribution in [0.5, 0.6) is 0 Å². The van der Waals surface area contributed by atoms with E-state index in [4.69, 9.17) is 31.5 Å². The number of carbonyl (C=O) groups excluding carboxylic acids is 2. The number of nitrogens with two attached hydrogens (primary N) is 2. The minimum absolute atomic E-state index is 0.129. The Morgan fingerprint density at radius 1 is 0.674 bits per heavy atom.